The molecule has 0 aliphatic rings. The van der Waals surface area contributed by atoms with Crippen molar-refractivity contribution >= 4 is 5.91 Å². The van der Waals surface area contributed by atoms with Gasteiger partial charge in [-0.15, -0.1) is 0 Å². The van der Waals surface area contributed by atoms with Crippen LogP contribution in [0.25, 0.3) is 0 Å². The number of nitrogens with zero attached hydrogens (tertiary/aromatic N) is 2. The van der Waals surface area contributed by atoms with E-state index in [1.807, 2.05) is 39.4 Å². The molecule has 0 radical (unpaired) electrons. The summed E-state index contributed by atoms with van der Waals surface area (Å²) < 4.78 is 1.89. The van der Waals surface area contributed by atoms with Gasteiger partial charge in [0.25, 0.3) is 0 Å². The standard InChI is InChI=1S/C13H23N3O/c1-9-11(10(2)16(6)15-9)7-8-14-12(17)13(3,4)5/h7-8H2,1-6H3,(H,14,17). The van der Waals surface area contributed by atoms with Crippen molar-refractivity contribution in [2.75, 3.05) is 6.54 Å². The van der Waals surface area contributed by atoms with Gasteiger partial charge in [-0.1, -0.05) is 20.8 Å². The number of amides is 1. The molecule has 4 heteroatoms. The van der Waals surface area contributed by atoms with Gasteiger partial charge < -0.3 is 5.32 Å². The molecule has 1 N–H and O–H groups in total. The van der Waals surface area contributed by atoms with E-state index in [-0.39, 0.29) is 11.3 Å². The topological polar surface area (TPSA) is 46.9 Å². The number of carbonyl (C=O) groups is 1. The van der Waals surface area contributed by atoms with E-state index in [4.69, 9.17) is 0 Å². The number of hydrogen-bond donors (Lipinski definition) is 1. The molecule has 0 spiro atoms. The average Bonchev–Trinajstić information content (AvgIpc) is 2.42. The van der Waals surface area contributed by atoms with Gasteiger partial charge in [-0.3, -0.25) is 9.48 Å². The van der Waals surface area contributed by atoms with E-state index in [9.17, 15) is 4.79 Å². The Morgan fingerprint density at radius 1 is 1.35 bits per heavy atom. The molecule has 96 valence electrons. The van der Waals surface area contributed by atoms with Gasteiger partial charge in [-0.2, -0.15) is 5.10 Å². The van der Waals surface area contributed by atoms with E-state index in [0.717, 1.165) is 12.1 Å². The van der Waals surface area contributed by atoms with Gasteiger partial charge >= 0.3 is 0 Å². The van der Waals surface area contributed by atoms with Crippen LogP contribution in [0.15, 0.2) is 0 Å². The SMILES string of the molecule is Cc1nn(C)c(C)c1CCNC(=O)C(C)(C)C. The highest BCUT2D eigenvalue weighted by atomic mass is 16.2. The molecule has 0 saturated heterocycles. The summed E-state index contributed by atoms with van der Waals surface area (Å²) in [6.07, 6.45) is 0.841. The van der Waals surface area contributed by atoms with Gasteiger partial charge in [-0.05, 0) is 25.8 Å². The second-order valence-electron chi connectivity index (χ2n) is 5.53. The largest absolute Gasteiger partial charge is 0.355 e. The number of aromatic nitrogens is 2. The van der Waals surface area contributed by atoms with Crippen molar-refractivity contribution in [2.45, 2.75) is 41.0 Å². The van der Waals surface area contributed by atoms with E-state index >= 15 is 0 Å². The summed E-state index contributed by atoms with van der Waals surface area (Å²) in [5.74, 6) is 0.0942. The molecule has 0 aliphatic carbocycles. The van der Waals surface area contributed by atoms with Gasteiger partial charge in [0.1, 0.15) is 0 Å². The molecule has 1 rings (SSSR count). The van der Waals surface area contributed by atoms with Gasteiger partial charge in [0.05, 0.1) is 5.69 Å². The maximum Gasteiger partial charge on any atom is 0.225 e. The van der Waals surface area contributed by atoms with E-state index in [1.54, 1.807) is 0 Å². The number of carbonyl (C=O) groups excluding carboxylic acids is 1. The van der Waals surface area contributed by atoms with Crippen molar-refractivity contribution in [1.29, 1.82) is 0 Å². The summed E-state index contributed by atoms with van der Waals surface area (Å²) in [5.41, 5.74) is 3.14. The molecule has 4 nitrogen and oxygen atoms in total. The highest BCUT2D eigenvalue weighted by molar-refractivity contribution is 5.81. The van der Waals surface area contributed by atoms with Crippen LogP contribution in [0, 0.1) is 19.3 Å². The number of rotatable bonds is 3. The fourth-order valence-corrected chi connectivity index (χ4v) is 1.75. The van der Waals surface area contributed by atoms with Crippen LogP contribution in [0.5, 0.6) is 0 Å². The van der Waals surface area contributed by atoms with Crippen LogP contribution < -0.4 is 5.32 Å². The molecular weight excluding hydrogens is 214 g/mol. The molecule has 1 heterocycles. The molecule has 1 aromatic heterocycles. The normalized spacial score (nSPS) is 11.6. The third-order valence-electron chi connectivity index (χ3n) is 3.00. The van der Waals surface area contributed by atoms with Gasteiger partial charge in [-0.25, -0.2) is 0 Å². The summed E-state index contributed by atoms with van der Waals surface area (Å²) in [6, 6.07) is 0. The van der Waals surface area contributed by atoms with Crippen molar-refractivity contribution in [3.8, 4) is 0 Å². The highest BCUT2D eigenvalue weighted by Gasteiger charge is 2.20. The maximum absolute atomic E-state index is 11.7. The maximum atomic E-state index is 11.7. The molecule has 0 bridgehead atoms. The average molecular weight is 237 g/mol. The Hall–Kier alpha value is -1.32. The van der Waals surface area contributed by atoms with E-state index in [1.165, 1.54) is 11.3 Å². The second-order valence-corrected chi connectivity index (χ2v) is 5.53. The summed E-state index contributed by atoms with van der Waals surface area (Å²) in [6.45, 7) is 10.5. The van der Waals surface area contributed by atoms with Crippen LogP contribution in [0.3, 0.4) is 0 Å². The lowest BCUT2D eigenvalue weighted by atomic mass is 9.95. The summed E-state index contributed by atoms with van der Waals surface area (Å²) in [7, 11) is 1.94. The molecule has 0 aliphatic heterocycles. The summed E-state index contributed by atoms with van der Waals surface area (Å²) in [4.78, 5) is 11.7. The van der Waals surface area contributed by atoms with Crippen molar-refractivity contribution in [1.82, 2.24) is 15.1 Å². The van der Waals surface area contributed by atoms with Crippen molar-refractivity contribution in [3.63, 3.8) is 0 Å². The number of hydrogen-bond acceptors (Lipinski definition) is 2. The Bertz CT molecular complexity index is 413. The number of aryl methyl sites for hydroxylation is 2. The van der Waals surface area contributed by atoms with Crippen LogP contribution in [-0.2, 0) is 18.3 Å². The second kappa shape index (κ2) is 4.90. The molecule has 0 fully saturated rings. The zero-order chi connectivity index (χ0) is 13.2. The van der Waals surface area contributed by atoms with Crippen LogP contribution in [0.2, 0.25) is 0 Å². The first kappa shape index (κ1) is 13.7. The summed E-state index contributed by atoms with van der Waals surface area (Å²) >= 11 is 0. The predicted molar refractivity (Wildman–Crippen MR) is 68.9 cm³/mol. The monoisotopic (exact) mass is 237 g/mol. The van der Waals surface area contributed by atoms with Crippen LogP contribution in [0.1, 0.15) is 37.7 Å². The fraction of sp³-hybridized carbons (Fsp3) is 0.692. The summed E-state index contributed by atoms with van der Waals surface area (Å²) in [5, 5.41) is 7.32. The first-order valence-corrected chi connectivity index (χ1v) is 6.01. The van der Waals surface area contributed by atoms with Crippen molar-refractivity contribution in [2.24, 2.45) is 12.5 Å². The van der Waals surface area contributed by atoms with Gasteiger partial charge in [0, 0.05) is 24.7 Å². The molecule has 0 atom stereocenters. The minimum absolute atomic E-state index is 0.0942. The molecule has 0 unspecified atom stereocenters. The van der Waals surface area contributed by atoms with Crippen LogP contribution in [0.4, 0.5) is 0 Å². The molecule has 1 aromatic rings. The first-order chi connectivity index (χ1) is 7.73. The Balaban J connectivity index is 2.55. The van der Waals surface area contributed by atoms with Gasteiger partial charge in [0.15, 0.2) is 0 Å². The zero-order valence-electron chi connectivity index (χ0n) is 11.7. The Morgan fingerprint density at radius 2 is 1.94 bits per heavy atom. The molecular formula is C13H23N3O. The lowest BCUT2D eigenvalue weighted by Crippen LogP contribution is -2.36. The van der Waals surface area contributed by atoms with Crippen molar-refractivity contribution < 1.29 is 4.79 Å². The quantitative estimate of drug-likeness (QED) is 0.870. The van der Waals surface area contributed by atoms with Crippen molar-refractivity contribution in [3.05, 3.63) is 17.0 Å². The molecule has 1 amide bonds. The van der Waals surface area contributed by atoms with Crippen LogP contribution in [-0.4, -0.2) is 22.2 Å². The Morgan fingerprint density at radius 3 is 2.35 bits per heavy atom. The third-order valence-corrected chi connectivity index (χ3v) is 3.00. The van der Waals surface area contributed by atoms with Gasteiger partial charge in [0.2, 0.25) is 5.91 Å². The third kappa shape index (κ3) is 3.32. The van der Waals surface area contributed by atoms with Crippen LogP contribution >= 0.6 is 0 Å². The molecule has 17 heavy (non-hydrogen) atoms. The zero-order valence-corrected chi connectivity index (χ0v) is 11.7. The lowest BCUT2D eigenvalue weighted by molar-refractivity contribution is -0.128. The van der Waals surface area contributed by atoms with E-state index in [2.05, 4.69) is 17.3 Å². The van der Waals surface area contributed by atoms with E-state index in [0.29, 0.717) is 6.54 Å². The lowest BCUT2D eigenvalue weighted by Gasteiger charge is -2.17. The predicted octanol–water partition coefficient (Wildman–Crippen LogP) is 1.74. The Kier molecular flexibility index (Phi) is 3.96. The minimum Gasteiger partial charge on any atom is -0.355 e. The minimum atomic E-state index is -0.320. The number of nitrogens with one attached hydrogen (secondary N) is 1. The fourth-order valence-electron chi connectivity index (χ4n) is 1.75. The van der Waals surface area contributed by atoms with E-state index < -0.39 is 0 Å². The molecule has 0 saturated carbocycles. The highest BCUT2D eigenvalue weighted by Crippen LogP contribution is 2.14. The smallest absolute Gasteiger partial charge is 0.225 e. The molecule has 0 aromatic carbocycles. The first-order valence-electron chi connectivity index (χ1n) is 6.01. The Labute approximate surface area is 103 Å².